The number of hydrogen-bond acceptors (Lipinski definition) is 7. The number of sulfonamides is 1. The maximum absolute atomic E-state index is 13.7. The van der Waals surface area contributed by atoms with Crippen molar-refractivity contribution in [3.05, 3.63) is 88.7 Å². The van der Waals surface area contributed by atoms with Crippen molar-refractivity contribution in [1.29, 1.82) is 0 Å². The molecule has 8 nitrogen and oxygen atoms in total. The van der Waals surface area contributed by atoms with Crippen LogP contribution in [0.4, 0.5) is 5.69 Å². The first-order chi connectivity index (χ1) is 17.8. The molecule has 0 fully saturated rings. The number of amides is 1. The first-order valence-corrected chi connectivity index (χ1v) is 13.7. The van der Waals surface area contributed by atoms with Crippen LogP contribution >= 0.6 is 11.3 Å². The third-order valence-corrected chi connectivity index (χ3v) is 8.14. The lowest BCUT2D eigenvalue weighted by atomic mass is 10.1. The molecule has 4 aromatic rings. The number of hydrogen-bond donors (Lipinski definition) is 1. The second-order valence-corrected chi connectivity index (χ2v) is 11.2. The lowest BCUT2D eigenvalue weighted by Crippen LogP contribution is -2.37. The van der Waals surface area contributed by atoms with E-state index < -0.39 is 15.9 Å². The summed E-state index contributed by atoms with van der Waals surface area (Å²) in [4.78, 5) is 17.6. The molecule has 192 valence electrons. The molecule has 0 saturated carbocycles. The van der Waals surface area contributed by atoms with E-state index in [2.05, 4.69) is 10.3 Å². The van der Waals surface area contributed by atoms with Crippen LogP contribution in [0.5, 0.6) is 11.5 Å². The molecule has 0 aliphatic heterocycles. The van der Waals surface area contributed by atoms with Gasteiger partial charge in [0.25, 0.3) is 0 Å². The Bertz CT molecular complexity index is 1490. The number of nitrogens with zero attached hydrogens (tertiary/aromatic N) is 2. The highest BCUT2D eigenvalue weighted by atomic mass is 32.2. The predicted molar refractivity (Wildman–Crippen MR) is 145 cm³/mol. The highest BCUT2D eigenvalue weighted by molar-refractivity contribution is 7.89. The smallest absolute Gasteiger partial charge is 0.243 e. The van der Waals surface area contributed by atoms with Crippen molar-refractivity contribution in [2.75, 3.05) is 26.1 Å². The lowest BCUT2D eigenvalue weighted by molar-refractivity contribution is -0.116. The minimum Gasteiger partial charge on any atom is -0.493 e. The van der Waals surface area contributed by atoms with Crippen molar-refractivity contribution in [3.8, 4) is 22.8 Å². The van der Waals surface area contributed by atoms with E-state index >= 15 is 0 Å². The van der Waals surface area contributed by atoms with Crippen LogP contribution in [-0.4, -0.2) is 44.4 Å². The third kappa shape index (κ3) is 6.34. The summed E-state index contributed by atoms with van der Waals surface area (Å²) < 4.78 is 39.0. The summed E-state index contributed by atoms with van der Waals surface area (Å²) in [5.41, 5.74) is 2.98. The standard InChI is InChI=1S/C27H27N3O5S2/c1-19-28-24(18-36-19)21-10-7-11-22(14-21)29-27(31)17-30(16-20-8-5-4-6-9-20)37(32,33)23-12-13-25(34-2)26(15-23)35-3/h4-15,18H,16-17H2,1-3H3,(H,29,31). The van der Waals surface area contributed by atoms with Gasteiger partial charge in [-0.2, -0.15) is 4.31 Å². The van der Waals surface area contributed by atoms with Crippen molar-refractivity contribution >= 4 is 33.0 Å². The van der Waals surface area contributed by atoms with Crippen LogP contribution in [-0.2, 0) is 21.4 Å². The minimum atomic E-state index is -4.06. The van der Waals surface area contributed by atoms with Gasteiger partial charge in [0.1, 0.15) is 0 Å². The number of nitrogens with one attached hydrogen (secondary N) is 1. The van der Waals surface area contributed by atoms with Gasteiger partial charge in [0, 0.05) is 29.2 Å². The van der Waals surface area contributed by atoms with Crippen molar-refractivity contribution in [1.82, 2.24) is 9.29 Å². The molecule has 0 aliphatic rings. The van der Waals surface area contributed by atoms with Gasteiger partial charge < -0.3 is 14.8 Å². The van der Waals surface area contributed by atoms with Crippen LogP contribution in [0.25, 0.3) is 11.3 Å². The molecule has 1 aromatic heterocycles. The van der Waals surface area contributed by atoms with Crippen LogP contribution in [0.1, 0.15) is 10.6 Å². The van der Waals surface area contributed by atoms with Crippen LogP contribution in [0, 0.1) is 6.92 Å². The number of aryl methyl sites for hydroxylation is 1. The molecule has 4 rings (SSSR count). The number of benzene rings is 3. The Morgan fingerprint density at radius 3 is 2.41 bits per heavy atom. The molecule has 0 spiro atoms. The number of ether oxygens (including phenoxy) is 2. The molecule has 0 atom stereocenters. The molecule has 0 unspecified atom stereocenters. The van der Waals surface area contributed by atoms with Crippen molar-refractivity contribution in [2.45, 2.75) is 18.4 Å². The highest BCUT2D eigenvalue weighted by Gasteiger charge is 2.28. The molecule has 1 heterocycles. The van der Waals surface area contributed by atoms with Gasteiger partial charge in [0.2, 0.25) is 15.9 Å². The summed E-state index contributed by atoms with van der Waals surface area (Å²) in [7, 11) is -1.15. The van der Waals surface area contributed by atoms with E-state index in [1.54, 1.807) is 17.4 Å². The van der Waals surface area contributed by atoms with E-state index in [0.29, 0.717) is 11.4 Å². The molecule has 1 N–H and O–H groups in total. The number of methoxy groups -OCH3 is 2. The van der Waals surface area contributed by atoms with Gasteiger partial charge in [-0.15, -0.1) is 11.3 Å². The van der Waals surface area contributed by atoms with Crippen LogP contribution < -0.4 is 14.8 Å². The second kappa shape index (κ2) is 11.5. The second-order valence-electron chi connectivity index (χ2n) is 8.16. The molecule has 3 aromatic carbocycles. The molecule has 10 heteroatoms. The fourth-order valence-corrected chi connectivity index (χ4v) is 5.77. The molecule has 0 aliphatic carbocycles. The van der Waals surface area contributed by atoms with Gasteiger partial charge in [-0.1, -0.05) is 42.5 Å². The fourth-order valence-electron chi connectivity index (χ4n) is 3.75. The normalized spacial score (nSPS) is 11.4. The number of aromatic nitrogens is 1. The minimum absolute atomic E-state index is 0.00483. The van der Waals surface area contributed by atoms with Gasteiger partial charge in [-0.05, 0) is 36.8 Å². The fraction of sp³-hybridized carbons (Fsp3) is 0.185. The zero-order chi connectivity index (χ0) is 26.4. The largest absolute Gasteiger partial charge is 0.493 e. The predicted octanol–water partition coefficient (Wildman–Crippen LogP) is 4.97. The molecule has 0 saturated heterocycles. The number of rotatable bonds is 10. The lowest BCUT2D eigenvalue weighted by Gasteiger charge is -2.22. The van der Waals surface area contributed by atoms with E-state index in [1.165, 1.54) is 32.4 Å². The molecular weight excluding hydrogens is 510 g/mol. The number of carbonyl (C=O) groups excluding carboxylic acids is 1. The average molecular weight is 538 g/mol. The first-order valence-electron chi connectivity index (χ1n) is 11.4. The van der Waals surface area contributed by atoms with Gasteiger partial charge in [0.15, 0.2) is 11.5 Å². The van der Waals surface area contributed by atoms with Gasteiger partial charge in [0.05, 0.1) is 36.4 Å². The summed E-state index contributed by atoms with van der Waals surface area (Å²) in [6, 6.07) is 20.8. The Labute approximate surface area is 220 Å². The topological polar surface area (TPSA) is 97.8 Å². The Hall–Kier alpha value is -3.73. The van der Waals surface area contributed by atoms with Crippen LogP contribution in [0.15, 0.2) is 83.1 Å². The molecule has 0 radical (unpaired) electrons. The molecule has 0 bridgehead atoms. The maximum Gasteiger partial charge on any atom is 0.243 e. The SMILES string of the molecule is COc1ccc(S(=O)(=O)N(CC(=O)Nc2cccc(-c3csc(C)n3)c2)Cc2ccccc2)cc1OC. The maximum atomic E-state index is 13.7. The van der Waals surface area contributed by atoms with Gasteiger partial charge in [-0.25, -0.2) is 13.4 Å². The summed E-state index contributed by atoms with van der Waals surface area (Å²) >= 11 is 1.55. The summed E-state index contributed by atoms with van der Waals surface area (Å²) in [6.45, 7) is 1.56. The van der Waals surface area contributed by atoms with Crippen LogP contribution in [0.2, 0.25) is 0 Å². The van der Waals surface area contributed by atoms with E-state index in [4.69, 9.17) is 9.47 Å². The quantitative estimate of drug-likeness (QED) is 0.307. The molecule has 37 heavy (non-hydrogen) atoms. The third-order valence-electron chi connectivity index (χ3n) is 5.58. The molecular formula is C27H27N3O5S2. The summed E-state index contributed by atoms with van der Waals surface area (Å²) in [5, 5.41) is 5.72. The van der Waals surface area contributed by atoms with Crippen LogP contribution in [0.3, 0.4) is 0 Å². The van der Waals surface area contributed by atoms with Gasteiger partial charge >= 0.3 is 0 Å². The zero-order valence-electron chi connectivity index (χ0n) is 20.7. The van der Waals surface area contributed by atoms with Crippen molar-refractivity contribution < 1.29 is 22.7 Å². The highest BCUT2D eigenvalue weighted by Crippen LogP contribution is 2.31. The Kier molecular flexibility index (Phi) is 8.22. The molecule has 1 amide bonds. The number of carbonyl (C=O) groups is 1. The van der Waals surface area contributed by atoms with E-state index in [9.17, 15) is 13.2 Å². The Morgan fingerprint density at radius 1 is 0.973 bits per heavy atom. The Morgan fingerprint density at radius 2 is 1.73 bits per heavy atom. The number of thiazole rings is 1. The monoisotopic (exact) mass is 537 g/mol. The van der Waals surface area contributed by atoms with E-state index in [0.717, 1.165) is 26.1 Å². The first kappa shape index (κ1) is 26.3. The number of anilines is 1. The summed E-state index contributed by atoms with van der Waals surface area (Å²) in [5.74, 6) is 0.220. The van der Waals surface area contributed by atoms with E-state index in [-0.39, 0.29) is 23.7 Å². The van der Waals surface area contributed by atoms with Crippen molar-refractivity contribution in [2.24, 2.45) is 0 Å². The summed E-state index contributed by atoms with van der Waals surface area (Å²) in [6.07, 6.45) is 0. The average Bonchev–Trinajstić information content (AvgIpc) is 3.34. The zero-order valence-corrected chi connectivity index (χ0v) is 22.3. The van der Waals surface area contributed by atoms with Gasteiger partial charge in [-0.3, -0.25) is 4.79 Å². The van der Waals surface area contributed by atoms with E-state index in [1.807, 2.05) is 60.8 Å². The Balaban J connectivity index is 1.60. The van der Waals surface area contributed by atoms with Crippen molar-refractivity contribution in [3.63, 3.8) is 0 Å².